The molecule has 0 saturated carbocycles. The summed E-state index contributed by atoms with van der Waals surface area (Å²) in [5.74, 6) is -0.248. The first-order chi connectivity index (χ1) is 10.6. The molecule has 1 fully saturated rings. The van der Waals surface area contributed by atoms with E-state index in [4.69, 9.17) is 0 Å². The third kappa shape index (κ3) is 3.01. The number of amides is 1. The van der Waals surface area contributed by atoms with Crippen molar-refractivity contribution in [1.82, 2.24) is 9.88 Å². The number of pyridine rings is 1. The summed E-state index contributed by atoms with van der Waals surface area (Å²) >= 11 is 0. The second kappa shape index (κ2) is 6.26. The lowest BCUT2D eigenvalue weighted by Crippen LogP contribution is -2.38. The Morgan fingerprint density at radius 3 is 2.64 bits per heavy atom. The van der Waals surface area contributed by atoms with Crippen LogP contribution in [0.25, 0.3) is 0 Å². The fourth-order valence-electron chi connectivity index (χ4n) is 2.97. The number of aromatic nitrogens is 1. The summed E-state index contributed by atoms with van der Waals surface area (Å²) < 4.78 is 13.1. The SMILES string of the molecule is Cc1ccc(C(=O)N2CCCC[C@H]2c2ccc(F)cc2)cn1. The Balaban J connectivity index is 1.87. The van der Waals surface area contributed by atoms with Gasteiger partial charge in [0.1, 0.15) is 5.82 Å². The summed E-state index contributed by atoms with van der Waals surface area (Å²) in [6.07, 6.45) is 4.63. The van der Waals surface area contributed by atoms with E-state index in [1.165, 1.54) is 12.1 Å². The molecule has 1 aliphatic rings. The summed E-state index contributed by atoms with van der Waals surface area (Å²) in [5, 5.41) is 0. The molecule has 1 amide bonds. The molecule has 0 radical (unpaired) electrons. The highest BCUT2D eigenvalue weighted by atomic mass is 19.1. The number of benzene rings is 1. The van der Waals surface area contributed by atoms with Gasteiger partial charge in [0.05, 0.1) is 11.6 Å². The van der Waals surface area contributed by atoms with Crippen LogP contribution in [0.2, 0.25) is 0 Å². The minimum atomic E-state index is -0.250. The largest absolute Gasteiger partial charge is 0.332 e. The van der Waals surface area contributed by atoms with Gasteiger partial charge >= 0.3 is 0 Å². The fourth-order valence-corrected chi connectivity index (χ4v) is 2.97. The molecule has 1 saturated heterocycles. The summed E-state index contributed by atoms with van der Waals surface area (Å²) in [4.78, 5) is 18.9. The van der Waals surface area contributed by atoms with Crippen molar-refractivity contribution in [3.63, 3.8) is 0 Å². The molecular formula is C18H19FN2O. The highest BCUT2D eigenvalue weighted by Crippen LogP contribution is 2.32. The van der Waals surface area contributed by atoms with Crippen LogP contribution in [0.1, 0.15) is 46.9 Å². The number of hydrogen-bond donors (Lipinski definition) is 0. The van der Waals surface area contributed by atoms with E-state index in [0.29, 0.717) is 5.56 Å². The minimum absolute atomic E-state index is 0.00141. The van der Waals surface area contributed by atoms with E-state index in [0.717, 1.165) is 37.1 Å². The molecule has 22 heavy (non-hydrogen) atoms. The van der Waals surface area contributed by atoms with Crippen LogP contribution in [0.15, 0.2) is 42.6 Å². The molecule has 2 heterocycles. The number of aryl methyl sites for hydroxylation is 1. The van der Waals surface area contributed by atoms with Gasteiger partial charge in [-0.15, -0.1) is 0 Å². The Kier molecular flexibility index (Phi) is 4.18. The third-order valence-corrected chi connectivity index (χ3v) is 4.18. The molecule has 0 N–H and O–H groups in total. The monoisotopic (exact) mass is 298 g/mol. The Bertz CT molecular complexity index is 652. The van der Waals surface area contributed by atoms with Crippen LogP contribution >= 0.6 is 0 Å². The van der Waals surface area contributed by atoms with Crippen molar-refractivity contribution in [1.29, 1.82) is 0 Å². The molecule has 1 aromatic heterocycles. The first kappa shape index (κ1) is 14.7. The van der Waals surface area contributed by atoms with Crippen molar-refractivity contribution in [2.24, 2.45) is 0 Å². The number of likely N-dealkylation sites (tertiary alicyclic amines) is 1. The molecule has 3 rings (SSSR count). The molecule has 0 unspecified atom stereocenters. The van der Waals surface area contributed by atoms with Crippen molar-refractivity contribution in [3.8, 4) is 0 Å². The molecule has 2 aromatic rings. The zero-order valence-corrected chi connectivity index (χ0v) is 12.6. The number of carbonyl (C=O) groups is 1. The molecular weight excluding hydrogens is 279 g/mol. The lowest BCUT2D eigenvalue weighted by molar-refractivity contribution is 0.0611. The number of nitrogens with zero attached hydrogens (tertiary/aromatic N) is 2. The van der Waals surface area contributed by atoms with Crippen LogP contribution in [0.4, 0.5) is 4.39 Å². The maximum absolute atomic E-state index is 13.1. The highest BCUT2D eigenvalue weighted by molar-refractivity contribution is 5.94. The van der Waals surface area contributed by atoms with Gasteiger partial charge in [-0.05, 0) is 56.0 Å². The summed E-state index contributed by atoms with van der Waals surface area (Å²) in [6, 6.07) is 10.2. The van der Waals surface area contributed by atoms with E-state index in [9.17, 15) is 9.18 Å². The Labute approximate surface area is 129 Å². The van der Waals surface area contributed by atoms with Crippen molar-refractivity contribution < 1.29 is 9.18 Å². The number of rotatable bonds is 2. The standard InChI is InChI=1S/C18H19FN2O/c1-13-5-6-15(12-20-13)18(22)21-11-3-2-4-17(21)14-7-9-16(19)10-8-14/h5-10,12,17H,2-4,11H2,1H3/t17-/m0/s1. The van der Waals surface area contributed by atoms with Crippen LogP contribution in [0.3, 0.4) is 0 Å². The maximum Gasteiger partial charge on any atom is 0.255 e. The number of carbonyl (C=O) groups excluding carboxylic acids is 1. The quantitative estimate of drug-likeness (QED) is 0.842. The average molecular weight is 298 g/mol. The van der Waals surface area contributed by atoms with Gasteiger partial charge < -0.3 is 4.90 Å². The summed E-state index contributed by atoms with van der Waals surface area (Å²) in [5.41, 5.74) is 2.50. The van der Waals surface area contributed by atoms with Crippen molar-refractivity contribution in [2.75, 3.05) is 6.54 Å². The van der Waals surface area contributed by atoms with E-state index in [2.05, 4.69) is 4.98 Å². The first-order valence-electron chi connectivity index (χ1n) is 7.64. The van der Waals surface area contributed by atoms with Gasteiger partial charge in [0.2, 0.25) is 0 Å². The van der Waals surface area contributed by atoms with Gasteiger partial charge in [-0.2, -0.15) is 0 Å². The predicted molar refractivity (Wildman–Crippen MR) is 83.0 cm³/mol. The minimum Gasteiger partial charge on any atom is -0.332 e. The van der Waals surface area contributed by atoms with Crippen molar-refractivity contribution >= 4 is 5.91 Å². The fraction of sp³-hybridized carbons (Fsp3) is 0.333. The van der Waals surface area contributed by atoms with E-state index < -0.39 is 0 Å². The molecule has 0 bridgehead atoms. The zero-order valence-electron chi connectivity index (χ0n) is 12.6. The van der Waals surface area contributed by atoms with Crippen molar-refractivity contribution in [3.05, 3.63) is 65.2 Å². The lowest BCUT2D eigenvalue weighted by atomic mass is 9.94. The van der Waals surface area contributed by atoms with E-state index >= 15 is 0 Å². The highest BCUT2D eigenvalue weighted by Gasteiger charge is 2.28. The lowest BCUT2D eigenvalue weighted by Gasteiger charge is -2.36. The Hall–Kier alpha value is -2.23. The molecule has 0 spiro atoms. The smallest absolute Gasteiger partial charge is 0.255 e. The summed E-state index contributed by atoms with van der Waals surface area (Å²) in [6.45, 7) is 2.63. The predicted octanol–water partition coefficient (Wildman–Crippen LogP) is 3.90. The average Bonchev–Trinajstić information content (AvgIpc) is 2.56. The van der Waals surface area contributed by atoms with Gasteiger partial charge in [-0.25, -0.2) is 4.39 Å². The molecule has 114 valence electrons. The molecule has 4 heteroatoms. The van der Waals surface area contributed by atoms with Crippen LogP contribution in [0, 0.1) is 12.7 Å². The van der Waals surface area contributed by atoms with Gasteiger partial charge in [0, 0.05) is 18.4 Å². The van der Waals surface area contributed by atoms with E-state index in [1.54, 1.807) is 18.3 Å². The molecule has 1 aliphatic heterocycles. The number of piperidine rings is 1. The van der Waals surface area contributed by atoms with Gasteiger partial charge in [-0.1, -0.05) is 12.1 Å². The first-order valence-corrected chi connectivity index (χ1v) is 7.64. The second-order valence-electron chi connectivity index (χ2n) is 5.75. The molecule has 1 aromatic carbocycles. The topological polar surface area (TPSA) is 33.2 Å². The third-order valence-electron chi connectivity index (χ3n) is 4.18. The summed E-state index contributed by atoms with van der Waals surface area (Å²) in [7, 11) is 0. The van der Waals surface area contributed by atoms with Crippen LogP contribution in [-0.2, 0) is 0 Å². The van der Waals surface area contributed by atoms with Gasteiger partial charge in [-0.3, -0.25) is 9.78 Å². The Morgan fingerprint density at radius 1 is 1.18 bits per heavy atom. The van der Waals surface area contributed by atoms with Gasteiger partial charge in [0.15, 0.2) is 0 Å². The molecule has 3 nitrogen and oxygen atoms in total. The molecule has 0 aliphatic carbocycles. The number of hydrogen-bond acceptors (Lipinski definition) is 2. The normalized spacial score (nSPS) is 18.3. The van der Waals surface area contributed by atoms with Crippen molar-refractivity contribution in [2.45, 2.75) is 32.2 Å². The Morgan fingerprint density at radius 2 is 1.95 bits per heavy atom. The molecule has 1 atom stereocenters. The zero-order chi connectivity index (χ0) is 15.5. The van der Waals surface area contributed by atoms with E-state index in [1.807, 2.05) is 24.0 Å². The van der Waals surface area contributed by atoms with Crippen LogP contribution in [-0.4, -0.2) is 22.3 Å². The van der Waals surface area contributed by atoms with Crippen LogP contribution < -0.4 is 0 Å². The van der Waals surface area contributed by atoms with E-state index in [-0.39, 0.29) is 17.8 Å². The van der Waals surface area contributed by atoms with Crippen LogP contribution in [0.5, 0.6) is 0 Å². The maximum atomic E-state index is 13.1. The number of halogens is 1. The second-order valence-corrected chi connectivity index (χ2v) is 5.75. The van der Waals surface area contributed by atoms with Gasteiger partial charge in [0.25, 0.3) is 5.91 Å².